The Morgan fingerprint density at radius 1 is 1.29 bits per heavy atom. The van der Waals surface area contributed by atoms with Crippen LogP contribution in [-0.4, -0.2) is 36.4 Å². The first kappa shape index (κ1) is 20.3. The van der Waals surface area contributed by atoms with Crippen molar-refractivity contribution in [3.63, 3.8) is 0 Å². The fraction of sp³-hybridized carbons (Fsp3) is 0.263. The molecule has 0 aromatic heterocycles. The molecule has 0 fully saturated rings. The number of carboxylic acids is 1. The molecule has 28 heavy (non-hydrogen) atoms. The van der Waals surface area contributed by atoms with Crippen LogP contribution in [0.2, 0.25) is 5.02 Å². The highest BCUT2D eigenvalue weighted by molar-refractivity contribution is 8.01. The van der Waals surface area contributed by atoms with Crippen LogP contribution in [-0.2, 0) is 4.79 Å². The van der Waals surface area contributed by atoms with E-state index in [1.165, 1.54) is 11.8 Å². The van der Waals surface area contributed by atoms with Gasteiger partial charge in [0.1, 0.15) is 17.3 Å². The molecule has 0 saturated carbocycles. The van der Waals surface area contributed by atoms with Crippen molar-refractivity contribution < 1.29 is 19.4 Å². The third-order valence-electron chi connectivity index (χ3n) is 4.35. The number of rotatable bonds is 5. The summed E-state index contributed by atoms with van der Waals surface area (Å²) in [6.07, 6.45) is -0.149. The third-order valence-corrected chi connectivity index (χ3v) is 6.07. The highest BCUT2D eigenvalue weighted by Crippen LogP contribution is 2.51. The van der Waals surface area contributed by atoms with E-state index in [1.54, 1.807) is 26.4 Å². The Balaban J connectivity index is 2.24. The molecule has 4 N–H and O–H groups in total. The van der Waals surface area contributed by atoms with Crippen molar-refractivity contribution in [2.75, 3.05) is 14.2 Å². The lowest BCUT2D eigenvalue weighted by molar-refractivity contribution is -0.136. The van der Waals surface area contributed by atoms with Gasteiger partial charge >= 0.3 is 5.97 Å². The monoisotopic (exact) mass is 421 g/mol. The van der Waals surface area contributed by atoms with Crippen LogP contribution in [0.4, 0.5) is 5.69 Å². The molecule has 0 unspecified atom stereocenters. The highest BCUT2D eigenvalue weighted by Gasteiger charge is 2.34. The molecule has 1 aliphatic rings. The number of fused-ring (bicyclic) bond motifs is 1. The van der Waals surface area contributed by atoms with Gasteiger partial charge in [-0.2, -0.15) is 0 Å². The van der Waals surface area contributed by atoms with E-state index >= 15 is 0 Å². The Hall–Kier alpha value is -2.42. The maximum atomic E-state index is 11.5. The number of aliphatic imine (C=N–C) groups is 1. The van der Waals surface area contributed by atoms with E-state index < -0.39 is 11.2 Å². The molecule has 1 heterocycles. The van der Waals surface area contributed by atoms with Gasteiger partial charge in [0, 0.05) is 5.02 Å². The van der Waals surface area contributed by atoms with E-state index in [4.69, 9.17) is 26.9 Å². The summed E-state index contributed by atoms with van der Waals surface area (Å²) in [5.74, 6) is 6.34. The first-order chi connectivity index (χ1) is 13.5. The Kier molecular flexibility index (Phi) is 6.33. The molecule has 148 valence electrons. The fourth-order valence-corrected chi connectivity index (χ4v) is 4.83. The number of carbonyl (C=O) groups is 1. The summed E-state index contributed by atoms with van der Waals surface area (Å²) >= 11 is 7.67. The molecular formula is C19H20ClN3O4S. The number of amidine groups is 1. The van der Waals surface area contributed by atoms with E-state index in [0.717, 1.165) is 11.1 Å². The molecule has 2 aromatic carbocycles. The van der Waals surface area contributed by atoms with Crippen LogP contribution in [0, 0.1) is 0 Å². The van der Waals surface area contributed by atoms with Gasteiger partial charge in [-0.1, -0.05) is 17.7 Å². The highest BCUT2D eigenvalue weighted by atomic mass is 35.5. The molecule has 0 spiro atoms. The van der Waals surface area contributed by atoms with Crippen LogP contribution >= 0.6 is 23.4 Å². The number of thioether (sulfide) groups is 1. The predicted octanol–water partition coefficient (Wildman–Crippen LogP) is 3.53. The number of benzene rings is 2. The Morgan fingerprint density at radius 2 is 1.96 bits per heavy atom. The summed E-state index contributed by atoms with van der Waals surface area (Å²) in [6.45, 7) is 0. The molecular weight excluding hydrogens is 402 g/mol. The van der Waals surface area contributed by atoms with Crippen LogP contribution in [0.5, 0.6) is 11.5 Å². The molecule has 7 nitrogen and oxygen atoms in total. The summed E-state index contributed by atoms with van der Waals surface area (Å²) in [5, 5.41) is 9.09. The quantitative estimate of drug-likeness (QED) is 0.500. The van der Waals surface area contributed by atoms with Crippen molar-refractivity contribution in [3.8, 4) is 11.5 Å². The van der Waals surface area contributed by atoms with E-state index in [9.17, 15) is 9.90 Å². The van der Waals surface area contributed by atoms with Gasteiger partial charge in [0.2, 0.25) is 0 Å². The minimum Gasteiger partial charge on any atom is -0.496 e. The smallest absolute Gasteiger partial charge is 0.304 e. The second-order valence-electron chi connectivity index (χ2n) is 6.02. The molecule has 0 amide bonds. The zero-order valence-electron chi connectivity index (χ0n) is 15.3. The molecule has 1 aliphatic heterocycles. The van der Waals surface area contributed by atoms with Crippen molar-refractivity contribution in [2.24, 2.45) is 10.8 Å². The summed E-state index contributed by atoms with van der Waals surface area (Å²) < 4.78 is 11.2. The number of nitrogens with one attached hydrogen (secondary N) is 1. The lowest BCUT2D eigenvalue weighted by Crippen LogP contribution is -2.38. The summed E-state index contributed by atoms with van der Waals surface area (Å²) in [5.41, 5.74) is 4.81. The molecule has 0 bridgehead atoms. The van der Waals surface area contributed by atoms with Gasteiger partial charge in [0.15, 0.2) is 0 Å². The van der Waals surface area contributed by atoms with Gasteiger partial charge < -0.3 is 20.0 Å². The lowest BCUT2D eigenvalue weighted by atomic mass is 10.0. The van der Waals surface area contributed by atoms with Crippen molar-refractivity contribution in [2.45, 2.75) is 16.9 Å². The normalized spacial score (nSPS) is 18.5. The molecule has 2 aromatic rings. The van der Waals surface area contributed by atoms with Crippen LogP contribution in [0.25, 0.3) is 0 Å². The van der Waals surface area contributed by atoms with Crippen molar-refractivity contribution in [1.29, 1.82) is 0 Å². The molecule has 9 heteroatoms. The number of hydrogen-bond donors (Lipinski definition) is 3. The molecule has 0 radical (unpaired) electrons. The van der Waals surface area contributed by atoms with Gasteiger partial charge in [-0.3, -0.25) is 4.79 Å². The van der Waals surface area contributed by atoms with Gasteiger partial charge in [-0.25, -0.2) is 10.8 Å². The minimum absolute atomic E-state index is 0.149. The number of hydrazine groups is 1. The number of halogens is 1. The predicted molar refractivity (Wildman–Crippen MR) is 111 cm³/mol. The number of nitrogens with zero attached hydrogens (tertiary/aromatic N) is 1. The fourth-order valence-electron chi connectivity index (χ4n) is 3.13. The zero-order chi connectivity index (χ0) is 20.3. The van der Waals surface area contributed by atoms with E-state index in [2.05, 4.69) is 10.4 Å². The standard InChI is InChI=1S/C19H20ClN3O4S/c1-26-13-4-3-5-14(27-2)17(13)18-11-8-10(20)6-7-12(11)22-19(23-21)15(28-18)9-16(24)25/h3-8,15,18H,9,21H2,1-2H3,(H,22,23)(H,24,25)/t15-,18+/m0/s1. The second kappa shape index (κ2) is 8.72. The Labute approximate surface area is 171 Å². The van der Waals surface area contributed by atoms with Crippen molar-refractivity contribution in [3.05, 3.63) is 52.5 Å². The number of carboxylic acid groups (broad SMARTS) is 1. The average molecular weight is 422 g/mol. The Morgan fingerprint density at radius 3 is 2.54 bits per heavy atom. The summed E-state index contributed by atoms with van der Waals surface area (Å²) in [6, 6.07) is 10.8. The molecule has 3 rings (SSSR count). The van der Waals surface area contributed by atoms with E-state index in [0.29, 0.717) is 28.0 Å². The number of ether oxygens (including phenoxy) is 2. The number of aliphatic carboxylic acids is 1. The maximum Gasteiger partial charge on any atom is 0.304 e. The number of methoxy groups -OCH3 is 2. The number of hydrogen-bond acceptors (Lipinski definition) is 7. The third kappa shape index (κ3) is 4.04. The van der Waals surface area contributed by atoms with Gasteiger partial charge in [-0.15, -0.1) is 11.8 Å². The average Bonchev–Trinajstić information content (AvgIpc) is 2.83. The van der Waals surface area contributed by atoms with Crippen molar-refractivity contribution >= 4 is 40.9 Å². The first-order valence-electron chi connectivity index (χ1n) is 8.41. The summed E-state index contributed by atoms with van der Waals surface area (Å²) in [4.78, 5) is 16.0. The topological polar surface area (TPSA) is 106 Å². The molecule has 2 atom stereocenters. The SMILES string of the molecule is COc1cccc(OC)c1[C@@H]1S[C@@H](CC(=O)O)C(NN)=Nc2ccc(Cl)cc21. The molecule has 0 saturated heterocycles. The second-order valence-corrected chi connectivity index (χ2v) is 7.77. The lowest BCUT2D eigenvalue weighted by Gasteiger charge is -2.25. The van der Waals surface area contributed by atoms with Gasteiger partial charge in [-0.05, 0) is 35.9 Å². The number of nitrogens with two attached hydrogens (primary N) is 1. The van der Waals surface area contributed by atoms with E-state index in [-0.39, 0.29) is 11.7 Å². The van der Waals surface area contributed by atoms with E-state index in [1.807, 2.05) is 24.3 Å². The maximum absolute atomic E-state index is 11.5. The van der Waals surface area contributed by atoms with Gasteiger partial charge in [0.25, 0.3) is 0 Å². The van der Waals surface area contributed by atoms with Crippen LogP contribution in [0.3, 0.4) is 0 Å². The van der Waals surface area contributed by atoms with Gasteiger partial charge in [0.05, 0.1) is 42.4 Å². The molecule has 0 aliphatic carbocycles. The minimum atomic E-state index is -0.949. The van der Waals surface area contributed by atoms with Crippen LogP contribution in [0.1, 0.15) is 22.8 Å². The summed E-state index contributed by atoms with van der Waals surface area (Å²) in [7, 11) is 3.16. The van der Waals surface area contributed by atoms with Crippen LogP contribution in [0.15, 0.2) is 41.4 Å². The van der Waals surface area contributed by atoms with Crippen LogP contribution < -0.4 is 20.7 Å². The largest absolute Gasteiger partial charge is 0.496 e. The Bertz CT molecular complexity index is 900. The van der Waals surface area contributed by atoms with Crippen molar-refractivity contribution in [1.82, 2.24) is 5.43 Å². The zero-order valence-corrected chi connectivity index (χ0v) is 16.9. The first-order valence-corrected chi connectivity index (χ1v) is 9.73.